The predicted octanol–water partition coefficient (Wildman–Crippen LogP) is 0.122. The van der Waals surface area contributed by atoms with Crippen LogP contribution in [0.4, 0.5) is 0 Å². The van der Waals surface area contributed by atoms with Crippen molar-refractivity contribution >= 4 is 23.4 Å². The largest absolute Gasteiger partial charge is 0.380 e. The van der Waals surface area contributed by atoms with Crippen LogP contribution < -0.4 is 11.2 Å². The molecule has 98 valence electrons. The van der Waals surface area contributed by atoms with E-state index in [-0.39, 0.29) is 0 Å². The molecule has 0 aromatic carbocycles. The smallest absolute Gasteiger partial charge is 0.329 e. The summed E-state index contributed by atoms with van der Waals surface area (Å²) >= 11 is 5.15. The second-order valence-electron chi connectivity index (χ2n) is 3.79. The number of rotatable bonds is 4. The summed E-state index contributed by atoms with van der Waals surface area (Å²) in [6.45, 7) is 3.42. The molecule has 0 aliphatic rings. The minimum Gasteiger partial charge on any atom is -0.380 e. The number of H-pyrrole nitrogens is 2. The van der Waals surface area contributed by atoms with Crippen molar-refractivity contribution in [3.05, 3.63) is 25.6 Å². The predicted molar refractivity (Wildman–Crippen MR) is 69.5 cm³/mol. The van der Waals surface area contributed by atoms with E-state index in [9.17, 15) is 9.59 Å². The highest BCUT2D eigenvalue weighted by Crippen LogP contribution is 2.06. The molecule has 0 unspecified atom stereocenters. The minimum atomic E-state index is -0.472. The van der Waals surface area contributed by atoms with Gasteiger partial charge in [0, 0.05) is 20.2 Å². The van der Waals surface area contributed by atoms with Gasteiger partial charge in [0.15, 0.2) is 10.3 Å². The Labute approximate surface area is 107 Å². The summed E-state index contributed by atoms with van der Waals surface area (Å²) in [5.41, 5.74) is -0.135. The molecule has 2 N–H and O–H groups in total. The average molecular weight is 270 g/mol. The minimum absolute atomic E-state index is 0.363. The highest BCUT2D eigenvalue weighted by atomic mass is 32.1. The molecule has 0 radical (unpaired) electrons. The van der Waals surface area contributed by atoms with Crippen LogP contribution in [0.15, 0.2) is 9.59 Å². The third-order valence-electron chi connectivity index (χ3n) is 2.70. The van der Waals surface area contributed by atoms with Crippen molar-refractivity contribution in [3.63, 3.8) is 0 Å². The van der Waals surface area contributed by atoms with Crippen LogP contribution in [0.1, 0.15) is 6.92 Å². The SMILES string of the molecule is CCOCCn1c(=S)[nH]c2c1c(=O)[nH]c(=O)n2C. The molecule has 0 atom stereocenters. The number of nitrogens with zero attached hydrogens (tertiary/aromatic N) is 2. The zero-order valence-electron chi connectivity index (χ0n) is 10.1. The van der Waals surface area contributed by atoms with E-state index in [1.165, 1.54) is 4.57 Å². The normalized spacial score (nSPS) is 11.2. The van der Waals surface area contributed by atoms with Gasteiger partial charge in [-0.25, -0.2) is 4.79 Å². The molecule has 0 saturated carbocycles. The van der Waals surface area contributed by atoms with Gasteiger partial charge in [-0.2, -0.15) is 0 Å². The quantitative estimate of drug-likeness (QED) is 0.610. The standard InChI is InChI=1S/C10H14N4O3S/c1-3-17-5-4-14-6-7(11-10(14)18)13(2)9(16)12-8(6)15/h3-5H2,1-2H3,(H,11,18)(H,12,15,16). The van der Waals surface area contributed by atoms with E-state index in [1.807, 2.05) is 6.92 Å². The summed E-state index contributed by atoms with van der Waals surface area (Å²) in [4.78, 5) is 28.4. The molecule has 0 aliphatic heterocycles. The Hall–Kier alpha value is -1.67. The van der Waals surface area contributed by atoms with Gasteiger partial charge in [0.1, 0.15) is 5.65 Å². The van der Waals surface area contributed by atoms with E-state index in [0.717, 1.165) is 0 Å². The lowest BCUT2D eigenvalue weighted by atomic mass is 10.5. The number of fused-ring (bicyclic) bond motifs is 1. The van der Waals surface area contributed by atoms with Gasteiger partial charge in [-0.3, -0.25) is 14.3 Å². The summed E-state index contributed by atoms with van der Waals surface area (Å²) in [7, 11) is 1.57. The van der Waals surface area contributed by atoms with Gasteiger partial charge < -0.3 is 14.3 Å². The van der Waals surface area contributed by atoms with Crippen molar-refractivity contribution in [1.82, 2.24) is 19.1 Å². The first-order chi connectivity index (χ1) is 8.56. The summed E-state index contributed by atoms with van der Waals surface area (Å²) in [6.07, 6.45) is 0. The third kappa shape index (κ3) is 2.04. The summed E-state index contributed by atoms with van der Waals surface area (Å²) in [5.74, 6) is 0. The monoisotopic (exact) mass is 270 g/mol. The summed E-state index contributed by atoms with van der Waals surface area (Å²) in [5, 5.41) is 0. The van der Waals surface area contributed by atoms with Gasteiger partial charge in [-0.1, -0.05) is 0 Å². The van der Waals surface area contributed by atoms with Crippen LogP contribution in [-0.2, 0) is 18.3 Å². The van der Waals surface area contributed by atoms with Crippen LogP contribution >= 0.6 is 12.2 Å². The maximum atomic E-state index is 11.8. The van der Waals surface area contributed by atoms with Gasteiger partial charge in [-0.15, -0.1) is 0 Å². The molecule has 2 aromatic rings. The molecule has 2 rings (SSSR count). The molecule has 0 saturated heterocycles. The van der Waals surface area contributed by atoms with Gasteiger partial charge >= 0.3 is 5.69 Å². The molecule has 18 heavy (non-hydrogen) atoms. The summed E-state index contributed by atoms with van der Waals surface area (Å²) < 4.78 is 8.60. The molecular weight excluding hydrogens is 256 g/mol. The van der Waals surface area contributed by atoms with Crippen molar-refractivity contribution in [3.8, 4) is 0 Å². The Balaban J connectivity index is 2.64. The Morgan fingerprint density at radius 1 is 1.33 bits per heavy atom. The first-order valence-electron chi connectivity index (χ1n) is 5.55. The van der Waals surface area contributed by atoms with E-state index < -0.39 is 11.2 Å². The molecule has 0 bridgehead atoms. The number of aryl methyl sites for hydroxylation is 1. The Bertz CT molecular complexity index is 736. The fraction of sp³-hybridized carbons (Fsp3) is 0.500. The number of aromatic nitrogens is 4. The number of ether oxygens (including phenoxy) is 1. The van der Waals surface area contributed by atoms with Crippen LogP contribution in [0.3, 0.4) is 0 Å². The Morgan fingerprint density at radius 2 is 2.06 bits per heavy atom. The van der Waals surface area contributed by atoms with Gasteiger partial charge in [0.2, 0.25) is 0 Å². The van der Waals surface area contributed by atoms with Crippen LogP contribution in [-0.4, -0.2) is 32.3 Å². The highest BCUT2D eigenvalue weighted by molar-refractivity contribution is 7.71. The number of hydrogen-bond donors (Lipinski definition) is 2. The second-order valence-corrected chi connectivity index (χ2v) is 4.18. The van der Waals surface area contributed by atoms with Crippen molar-refractivity contribution in [2.45, 2.75) is 13.5 Å². The van der Waals surface area contributed by atoms with Gasteiger partial charge in [-0.05, 0) is 19.1 Å². The van der Waals surface area contributed by atoms with E-state index in [2.05, 4.69) is 9.97 Å². The lowest BCUT2D eigenvalue weighted by molar-refractivity contribution is 0.139. The van der Waals surface area contributed by atoms with Crippen LogP contribution in [0.25, 0.3) is 11.2 Å². The van der Waals surface area contributed by atoms with E-state index in [4.69, 9.17) is 17.0 Å². The van der Waals surface area contributed by atoms with Crippen LogP contribution in [0, 0.1) is 4.77 Å². The fourth-order valence-electron chi connectivity index (χ4n) is 1.79. The number of imidazole rings is 1. The molecule has 0 amide bonds. The maximum Gasteiger partial charge on any atom is 0.329 e. The number of nitrogens with one attached hydrogen (secondary N) is 2. The zero-order chi connectivity index (χ0) is 13.3. The molecule has 2 heterocycles. The van der Waals surface area contributed by atoms with Crippen LogP contribution in [0.5, 0.6) is 0 Å². The highest BCUT2D eigenvalue weighted by Gasteiger charge is 2.12. The fourth-order valence-corrected chi connectivity index (χ4v) is 2.06. The Morgan fingerprint density at radius 3 is 2.72 bits per heavy atom. The second kappa shape index (κ2) is 4.91. The van der Waals surface area contributed by atoms with Crippen molar-refractivity contribution in [2.75, 3.05) is 13.2 Å². The van der Waals surface area contributed by atoms with Crippen molar-refractivity contribution in [2.24, 2.45) is 7.05 Å². The molecule has 0 aliphatic carbocycles. The molecule has 2 aromatic heterocycles. The molecule has 0 fully saturated rings. The molecule has 7 nitrogen and oxygen atoms in total. The maximum absolute atomic E-state index is 11.8. The Kier molecular flexibility index (Phi) is 3.48. The van der Waals surface area contributed by atoms with Crippen molar-refractivity contribution in [1.29, 1.82) is 0 Å². The number of hydrogen-bond acceptors (Lipinski definition) is 4. The van der Waals surface area contributed by atoms with Crippen molar-refractivity contribution < 1.29 is 4.74 Å². The van der Waals surface area contributed by atoms with E-state index >= 15 is 0 Å². The third-order valence-corrected chi connectivity index (χ3v) is 3.03. The van der Waals surface area contributed by atoms with Gasteiger partial charge in [0.05, 0.1) is 6.61 Å². The first kappa shape index (κ1) is 12.8. The van der Waals surface area contributed by atoms with E-state index in [0.29, 0.717) is 35.7 Å². The zero-order valence-corrected chi connectivity index (χ0v) is 11.0. The lowest BCUT2D eigenvalue weighted by Crippen LogP contribution is -2.29. The lowest BCUT2D eigenvalue weighted by Gasteiger charge is -2.04. The van der Waals surface area contributed by atoms with E-state index in [1.54, 1.807) is 11.6 Å². The molecular formula is C10H14N4O3S. The number of aromatic amines is 2. The van der Waals surface area contributed by atoms with Crippen LogP contribution in [0.2, 0.25) is 0 Å². The first-order valence-corrected chi connectivity index (χ1v) is 5.96. The molecule has 8 heteroatoms. The average Bonchev–Trinajstić information content (AvgIpc) is 2.65. The van der Waals surface area contributed by atoms with Gasteiger partial charge in [0.25, 0.3) is 5.56 Å². The topological polar surface area (TPSA) is 84.8 Å². The summed E-state index contributed by atoms with van der Waals surface area (Å²) in [6, 6.07) is 0. The molecule has 0 spiro atoms.